The first-order valence-electron chi connectivity index (χ1n) is 5.35. The van der Waals surface area contributed by atoms with E-state index in [1.165, 1.54) is 12.1 Å². The molecule has 1 aromatic rings. The first-order chi connectivity index (χ1) is 7.47. The zero-order chi connectivity index (χ0) is 12.3. The summed E-state index contributed by atoms with van der Waals surface area (Å²) in [5.74, 6) is -0.282. The van der Waals surface area contributed by atoms with E-state index in [-0.39, 0.29) is 17.0 Å². The van der Waals surface area contributed by atoms with Crippen LogP contribution in [-0.4, -0.2) is 12.6 Å². The molecule has 1 N–H and O–H groups in total. The van der Waals surface area contributed by atoms with Crippen molar-refractivity contribution in [2.24, 2.45) is 0 Å². The maximum atomic E-state index is 13.4. The lowest BCUT2D eigenvalue weighted by Gasteiger charge is -2.22. The molecule has 4 heteroatoms. The molecule has 90 valence electrons. The highest BCUT2D eigenvalue weighted by Gasteiger charge is 2.18. The molecule has 0 bridgehead atoms. The van der Waals surface area contributed by atoms with E-state index in [1.807, 2.05) is 13.8 Å². The zero-order valence-electron chi connectivity index (χ0n) is 9.65. The molecule has 0 heterocycles. The molecule has 2 unspecified atom stereocenters. The van der Waals surface area contributed by atoms with Crippen LogP contribution in [0.25, 0.3) is 0 Å². The highest BCUT2D eigenvalue weighted by atomic mass is 35.5. The van der Waals surface area contributed by atoms with Gasteiger partial charge in [-0.25, -0.2) is 4.39 Å². The third-order valence-corrected chi connectivity index (χ3v) is 3.42. The van der Waals surface area contributed by atoms with Crippen molar-refractivity contribution in [3.05, 3.63) is 33.6 Å². The lowest BCUT2D eigenvalue weighted by atomic mass is 9.94. The minimum absolute atomic E-state index is 0.0667. The van der Waals surface area contributed by atoms with Crippen LogP contribution >= 0.6 is 23.2 Å². The standard InChI is InChI=1S/C12H16Cl2FN/c1-4-16-8(3)7(2)9-5-12(15)11(14)6-10(9)13/h5-8,16H,4H2,1-3H3. The number of benzene rings is 1. The molecule has 0 radical (unpaired) electrons. The van der Waals surface area contributed by atoms with Crippen LogP contribution < -0.4 is 5.32 Å². The van der Waals surface area contributed by atoms with Crippen molar-refractivity contribution in [2.45, 2.75) is 32.7 Å². The molecule has 0 aliphatic rings. The topological polar surface area (TPSA) is 12.0 Å². The van der Waals surface area contributed by atoms with Crippen LogP contribution in [0.5, 0.6) is 0 Å². The van der Waals surface area contributed by atoms with Crippen LogP contribution in [-0.2, 0) is 0 Å². The van der Waals surface area contributed by atoms with E-state index in [0.717, 1.165) is 12.1 Å². The molecule has 0 aliphatic carbocycles. The van der Waals surface area contributed by atoms with E-state index in [0.29, 0.717) is 5.02 Å². The van der Waals surface area contributed by atoms with E-state index in [1.54, 1.807) is 0 Å². The van der Waals surface area contributed by atoms with E-state index < -0.39 is 5.82 Å². The number of hydrogen-bond donors (Lipinski definition) is 1. The number of rotatable bonds is 4. The highest BCUT2D eigenvalue weighted by Crippen LogP contribution is 2.31. The Hall–Kier alpha value is -0.310. The van der Waals surface area contributed by atoms with E-state index in [4.69, 9.17) is 23.2 Å². The fraction of sp³-hybridized carbons (Fsp3) is 0.500. The Balaban J connectivity index is 2.99. The molecule has 1 nitrogen and oxygen atoms in total. The third kappa shape index (κ3) is 3.09. The first-order valence-corrected chi connectivity index (χ1v) is 6.10. The lowest BCUT2D eigenvalue weighted by Crippen LogP contribution is -2.30. The summed E-state index contributed by atoms with van der Waals surface area (Å²) in [6.07, 6.45) is 0. The molecule has 0 amide bonds. The van der Waals surface area contributed by atoms with Crippen LogP contribution in [0.15, 0.2) is 12.1 Å². The Kier molecular flexibility index (Phi) is 5.03. The van der Waals surface area contributed by atoms with Crippen LogP contribution in [0.2, 0.25) is 10.0 Å². The summed E-state index contributed by atoms with van der Waals surface area (Å²) in [4.78, 5) is 0. The second-order valence-corrected chi connectivity index (χ2v) is 4.74. The smallest absolute Gasteiger partial charge is 0.142 e. The third-order valence-electron chi connectivity index (χ3n) is 2.81. The summed E-state index contributed by atoms with van der Waals surface area (Å²) in [5, 5.41) is 3.87. The van der Waals surface area contributed by atoms with Crippen LogP contribution in [0.1, 0.15) is 32.3 Å². The molecular formula is C12H16Cl2FN. The van der Waals surface area contributed by atoms with E-state index in [2.05, 4.69) is 12.2 Å². The summed E-state index contributed by atoms with van der Waals surface area (Å²) >= 11 is 11.7. The maximum absolute atomic E-state index is 13.4. The quantitative estimate of drug-likeness (QED) is 0.802. The monoisotopic (exact) mass is 263 g/mol. The second kappa shape index (κ2) is 5.85. The zero-order valence-corrected chi connectivity index (χ0v) is 11.2. The van der Waals surface area contributed by atoms with Gasteiger partial charge in [0.2, 0.25) is 0 Å². The van der Waals surface area contributed by atoms with Crippen molar-refractivity contribution in [3.8, 4) is 0 Å². The normalized spacial score (nSPS) is 14.9. The Bertz CT molecular complexity index is 368. The van der Waals surface area contributed by atoms with Gasteiger partial charge in [0.1, 0.15) is 5.82 Å². The fourth-order valence-electron chi connectivity index (χ4n) is 1.65. The van der Waals surface area contributed by atoms with Gasteiger partial charge in [-0.15, -0.1) is 0 Å². The van der Waals surface area contributed by atoms with Crippen molar-refractivity contribution in [1.29, 1.82) is 0 Å². The molecule has 1 aromatic carbocycles. The van der Waals surface area contributed by atoms with Gasteiger partial charge in [0.15, 0.2) is 0 Å². The van der Waals surface area contributed by atoms with Gasteiger partial charge in [0.25, 0.3) is 0 Å². The van der Waals surface area contributed by atoms with Gasteiger partial charge in [-0.1, -0.05) is 37.0 Å². The molecule has 1 rings (SSSR count). The average molecular weight is 264 g/mol. The summed E-state index contributed by atoms with van der Waals surface area (Å²) < 4.78 is 13.4. The maximum Gasteiger partial charge on any atom is 0.142 e. The van der Waals surface area contributed by atoms with E-state index in [9.17, 15) is 4.39 Å². The van der Waals surface area contributed by atoms with Crippen LogP contribution in [0, 0.1) is 5.82 Å². The predicted octanol–water partition coefficient (Wildman–Crippen LogP) is 4.23. The summed E-state index contributed by atoms with van der Waals surface area (Å²) in [6.45, 7) is 6.98. The van der Waals surface area contributed by atoms with Gasteiger partial charge in [-0.3, -0.25) is 0 Å². The SMILES string of the molecule is CCNC(C)C(C)c1cc(F)c(Cl)cc1Cl. The van der Waals surface area contributed by atoms with Crippen LogP contribution in [0.3, 0.4) is 0 Å². The molecule has 0 spiro atoms. The summed E-state index contributed by atoms with van der Waals surface area (Å²) in [5.41, 5.74) is 0.789. The van der Waals surface area contributed by atoms with Gasteiger partial charge < -0.3 is 5.32 Å². The van der Waals surface area contributed by atoms with E-state index >= 15 is 0 Å². The van der Waals surface area contributed by atoms with Gasteiger partial charge in [-0.05, 0) is 37.1 Å². The predicted molar refractivity (Wildman–Crippen MR) is 68.0 cm³/mol. The van der Waals surface area contributed by atoms with Gasteiger partial charge in [0, 0.05) is 11.1 Å². The number of nitrogens with one attached hydrogen (secondary N) is 1. The van der Waals surface area contributed by atoms with Gasteiger partial charge in [-0.2, -0.15) is 0 Å². The Morgan fingerprint density at radius 1 is 1.25 bits per heavy atom. The number of hydrogen-bond acceptors (Lipinski definition) is 1. The molecule has 0 aliphatic heterocycles. The van der Waals surface area contributed by atoms with Crippen molar-refractivity contribution in [2.75, 3.05) is 6.54 Å². The van der Waals surface area contributed by atoms with Crippen molar-refractivity contribution >= 4 is 23.2 Å². The second-order valence-electron chi connectivity index (χ2n) is 3.92. The molecule has 0 saturated carbocycles. The molecule has 0 aromatic heterocycles. The highest BCUT2D eigenvalue weighted by molar-refractivity contribution is 6.35. The largest absolute Gasteiger partial charge is 0.314 e. The molecular weight excluding hydrogens is 248 g/mol. The average Bonchev–Trinajstić information content (AvgIpc) is 2.23. The minimum atomic E-state index is -0.420. The molecule has 0 saturated heterocycles. The number of likely N-dealkylation sites (N-methyl/N-ethyl adjacent to an activating group) is 1. The molecule has 0 fully saturated rings. The van der Waals surface area contributed by atoms with Gasteiger partial charge in [0.05, 0.1) is 5.02 Å². The van der Waals surface area contributed by atoms with Crippen molar-refractivity contribution in [1.82, 2.24) is 5.32 Å². The Labute approximate surface area is 106 Å². The summed E-state index contributed by atoms with van der Waals surface area (Å²) in [6, 6.07) is 3.12. The lowest BCUT2D eigenvalue weighted by molar-refractivity contribution is 0.492. The fourth-order valence-corrected chi connectivity index (χ4v) is 2.21. The molecule has 16 heavy (non-hydrogen) atoms. The van der Waals surface area contributed by atoms with Crippen LogP contribution in [0.4, 0.5) is 4.39 Å². The minimum Gasteiger partial charge on any atom is -0.314 e. The Morgan fingerprint density at radius 2 is 1.88 bits per heavy atom. The Morgan fingerprint density at radius 3 is 2.44 bits per heavy atom. The summed E-state index contributed by atoms with van der Waals surface area (Å²) in [7, 11) is 0. The molecule has 2 atom stereocenters. The first kappa shape index (κ1) is 13.8. The van der Waals surface area contributed by atoms with Crippen molar-refractivity contribution in [3.63, 3.8) is 0 Å². The van der Waals surface area contributed by atoms with Gasteiger partial charge >= 0.3 is 0 Å². The van der Waals surface area contributed by atoms with Crippen molar-refractivity contribution < 1.29 is 4.39 Å². The number of halogens is 3.